The number of ether oxygens (including phenoxy) is 2. The van der Waals surface area contributed by atoms with Gasteiger partial charge in [0.1, 0.15) is 5.76 Å². The van der Waals surface area contributed by atoms with Crippen molar-refractivity contribution in [1.82, 2.24) is 0 Å². The molecule has 0 aromatic rings. The topological polar surface area (TPSA) is 18.5 Å². The van der Waals surface area contributed by atoms with Gasteiger partial charge < -0.3 is 9.47 Å². The lowest BCUT2D eigenvalue weighted by Gasteiger charge is -2.39. The minimum atomic E-state index is -0.120. The van der Waals surface area contributed by atoms with Gasteiger partial charge >= 0.3 is 0 Å². The molecule has 0 saturated carbocycles. The van der Waals surface area contributed by atoms with Gasteiger partial charge in [0.05, 0.1) is 24.9 Å². The standard InChI is InChI=1S/C12H12O2/c1-2-6-12-9-13-7-4-10(12)5-8-14-11(12)3-1/h2-6,8H,1,7,9H2. The van der Waals surface area contributed by atoms with E-state index in [1.807, 2.05) is 6.08 Å². The molecule has 14 heavy (non-hydrogen) atoms. The molecule has 72 valence electrons. The molecule has 3 rings (SSSR count). The second kappa shape index (κ2) is 2.85. The minimum Gasteiger partial charge on any atom is -0.468 e. The molecule has 0 fully saturated rings. The molecule has 0 saturated heterocycles. The summed E-state index contributed by atoms with van der Waals surface area (Å²) in [5.41, 5.74) is 1.18. The fourth-order valence-corrected chi connectivity index (χ4v) is 2.25. The van der Waals surface area contributed by atoms with Crippen molar-refractivity contribution in [3.8, 4) is 0 Å². The lowest BCUT2D eigenvalue weighted by molar-refractivity contribution is 0.0763. The van der Waals surface area contributed by atoms with Gasteiger partial charge in [-0.2, -0.15) is 0 Å². The first-order valence-corrected chi connectivity index (χ1v) is 4.92. The maximum atomic E-state index is 5.55. The predicted octanol–water partition coefficient (Wildman–Crippen LogP) is 2.32. The van der Waals surface area contributed by atoms with Crippen LogP contribution in [0.25, 0.3) is 0 Å². The van der Waals surface area contributed by atoms with E-state index in [-0.39, 0.29) is 5.41 Å². The van der Waals surface area contributed by atoms with Gasteiger partial charge in [0.2, 0.25) is 0 Å². The average Bonchev–Trinajstić information content (AvgIpc) is 2.26. The van der Waals surface area contributed by atoms with E-state index in [0.29, 0.717) is 13.2 Å². The summed E-state index contributed by atoms with van der Waals surface area (Å²) >= 11 is 0. The molecule has 2 nitrogen and oxygen atoms in total. The quantitative estimate of drug-likeness (QED) is 0.543. The van der Waals surface area contributed by atoms with Crippen LogP contribution in [0.3, 0.4) is 0 Å². The van der Waals surface area contributed by atoms with Crippen molar-refractivity contribution in [3.05, 3.63) is 48.0 Å². The summed E-state index contributed by atoms with van der Waals surface area (Å²) < 4.78 is 11.1. The normalized spacial score (nSPS) is 33.7. The summed E-state index contributed by atoms with van der Waals surface area (Å²) in [6.45, 7) is 1.41. The van der Waals surface area contributed by atoms with E-state index in [9.17, 15) is 0 Å². The molecule has 0 aromatic carbocycles. The van der Waals surface area contributed by atoms with Crippen molar-refractivity contribution >= 4 is 0 Å². The second-order valence-electron chi connectivity index (χ2n) is 3.77. The van der Waals surface area contributed by atoms with Crippen LogP contribution in [0.2, 0.25) is 0 Å². The SMILES string of the molecule is C1=CC23COCC=C2C=COC3=CC1. The predicted molar refractivity (Wildman–Crippen MR) is 53.4 cm³/mol. The largest absolute Gasteiger partial charge is 0.468 e. The van der Waals surface area contributed by atoms with E-state index in [1.54, 1.807) is 6.26 Å². The Labute approximate surface area is 83.2 Å². The van der Waals surface area contributed by atoms with Crippen LogP contribution in [-0.4, -0.2) is 13.2 Å². The third-order valence-corrected chi connectivity index (χ3v) is 2.99. The first kappa shape index (κ1) is 8.06. The number of hydrogen-bond donors (Lipinski definition) is 0. The van der Waals surface area contributed by atoms with Gasteiger partial charge in [-0.15, -0.1) is 0 Å². The fourth-order valence-electron chi connectivity index (χ4n) is 2.25. The van der Waals surface area contributed by atoms with Crippen LogP contribution >= 0.6 is 0 Å². The highest BCUT2D eigenvalue weighted by Gasteiger charge is 2.41. The smallest absolute Gasteiger partial charge is 0.116 e. The molecule has 2 heterocycles. The van der Waals surface area contributed by atoms with E-state index in [0.717, 1.165) is 12.2 Å². The first-order chi connectivity index (χ1) is 6.92. The maximum absolute atomic E-state index is 5.55. The molecule has 1 aliphatic carbocycles. The third-order valence-electron chi connectivity index (χ3n) is 2.99. The van der Waals surface area contributed by atoms with Crippen LogP contribution in [0.5, 0.6) is 0 Å². The summed E-state index contributed by atoms with van der Waals surface area (Å²) in [7, 11) is 0. The molecule has 1 spiro atoms. The molecule has 0 bridgehead atoms. The third kappa shape index (κ3) is 0.946. The van der Waals surface area contributed by atoms with E-state index >= 15 is 0 Å². The van der Waals surface area contributed by atoms with Crippen LogP contribution in [0, 0.1) is 5.41 Å². The van der Waals surface area contributed by atoms with Crippen molar-refractivity contribution in [3.63, 3.8) is 0 Å². The van der Waals surface area contributed by atoms with Gasteiger partial charge in [-0.3, -0.25) is 0 Å². The van der Waals surface area contributed by atoms with E-state index in [2.05, 4.69) is 24.3 Å². The molecule has 0 amide bonds. The van der Waals surface area contributed by atoms with Gasteiger partial charge in [0.25, 0.3) is 0 Å². The highest BCUT2D eigenvalue weighted by atomic mass is 16.5. The van der Waals surface area contributed by atoms with Crippen LogP contribution in [0.4, 0.5) is 0 Å². The minimum absolute atomic E-state index is 0.120. The lowest BCUT2D eigenvalue weighted by atomic mass is 9.74. The van der Waals surface area contributed by atoms with Crippen LogP contribution in [0.1, 0.15) is 6.42 Å². The molecule has 0 aromatic heterocycles. The number of hydrogen-bond acceptors (Lipinski definition) is 2. The monoisotopic (exact) mass is 188 g/mol. The average molecular weight is 188 g/mol. The zero-order chi connectivity index (χ0) is 9.43. The Balaban J connectivity index is 2.17. The first-order valence-electron chi connectivity index (χ1n) is 4.92. The van der Waals surface area contributed by atoms with Crippen LogP contribution < -0.4 is 0 Å². The summed E-state index contributed by atoms with van der Waals surface area (Å²) in [4.78, 5) is 0. The summed E-state index contributed by atoms with van der Waals surface area (Å²) in [6, 6.07) is 0. The summed E-state index contributed by atoms with van der Waals surface area (Å²) in [5.74, 6) is 1.02. The highest BCUT2D eigenvalue weighted by Crippen LogP contribution is 2.45. The second-order valence-corrected chi connectivity index (χ2v) is 3.77. The zero-order valence-corrected chi connectivity index (χ0v) is 7.90. The van der Waals surface area contributed by atoms with Crippen molar-refractivity contribution in [1.29, 1.82) is 0 Å². The Morgan fingerprint density at radius 2 is 2.29 bits per heavy atom. The number of rotatable bonds is 0. The Kier molecular flexibility index (Phi) is 1.64. The van der Waals surface area contributed by atoms with Gasteiger partial charge in [-0.1, -0.05) is 18.2 Å². The molecular weight excluding hydrogens is 176 g/mol. The van der Waals surface area contributed by atoms with Crippen molar-refractivity contribution in [2.24, 2.45) is 5.41 Å². The Hall–Kier alpha value is -1.28. The molecule has 2 heteroatoms. The van der Waals surface area contributed by atoms with Gasteiger partial charge in [0, 0.05) is 0 Å². The van der Waals surface area contributed by atoms with Crippen LogP contribution in [0.15, 0.2) is 48.0 Å². The molecule has 0 N–H and O–H groups in total. The highest BCUT2D eigenvalue weighted by molar-refractivity contribution is 5.45. The Morgan fingerprint density at radius 3 is 3.29 bits per heavy atom. The van der Waals surface area contributed by atoms with Gasteiger partial charge in [-0.05, 0) is 24.1 Å². The maximum Gasteiger partial charge on any atom is 0.116 e. The van der Waals surface area contributed by atoms with E-state index in [1.165, 1.54) is 5.57 Å². The zero-order valence-electron chi connectivity index (χ0n) is 7.90. The van der Waals surface area contributed by atoms with Gasteiger partial charge in [-0.25, -0.2) is 0 Å². The number of allylic oxidation sites excluding steroid dienone is 3. The Morgan fingerprint density at radius 1 is 1.29 bits per heavy atom. The fraction of sp³-hybridized carbons (Fsp3) is 0.333. The lowest BCUT2D eigenvalue weighted by Crippen LogP contribution is -2.35. The summed E-state index contributed by atoms with van der Waals surface area (Å²) in [6.07, 6.45) is 13.4. The Bertz CT molecular complexity index is 374. The van der Waals surface area contributed by atoms with E-state index < -0.39 is 0 Å². The van der Waals surface area contributed by atoms with E-state index in [4.69, 9.17) is 9.47 Å². The molecule has 1 unspecified atom stereocenters. The van der Waals surface area contributed by atoms with Gasteiger partial charge in [0.15, 0.2) is 0 Å². The van der Waals surface area contributed by atoms with Crippen molar-refractivity contribution < 1.29 is 9.47 Å². The molecule has 3 aliphatic rings. The van der Waals surface area contributed by atoms with Crippen molar-refractivity contribution in [2.45, 2.75) is 6.42 Å². The molecule has 2 aliphatic heterocycles. The van der Waals surface area contributed by atoms with Crippen LogP contribution in [-0.2, 0) is 9.47 Å². The molecule has 1 atom stereocenters. The van der Waals surface area contributed by atoms with Crippen molar-refractivity contribution in [2.75, 3.05) is 13.2 Å². The summed E-state index contributed by atoms with van der Waals surface area (Å²) in [5, 5.41) is 0. The molecular formula is C12H12O2. The molecule has 0 radical (unpaired) electrons.